The predicted molar refractivity (Wildman–Crippen MR) is 68.1 cm³/mol. The molecule has 1 rings (SSSR count). The summed E-state index contributed by atoms with van der Waals surface area (Å²) in [6, 6.07) is 7.50. The molecule has 0 aliphatic heterocycles. The summed E-state index contributed by atoms with van der Waals surface area (Å²) < 4.78 is 11.0. The van der Waals surface area contributed by atoms with Crippen molar-refractivity contribution in [1.29, 1.82) is 0 Å². The molecule has 0 spiro atoms. The molecule has 1 aromatic rings. The normalized spacial score (nSPS) is 10.8. The molecule has 0 fully saturated rings. The molecule has 96 valence electrons. The van der Waals surface area contributed by atoms with E-state index in [-0.39, 0.29) is 6.61 Å². The molecule has 3 nitrogen and oxygen atoms in total. The molecule has 1 aromatic carbocycles. The number of para-hydroxylation sites is 1. The molecule has 0 aliphatic rings. The number of hydrogen-bond acceptors (Lipinski definition) is 3. The molecule has 0 bridgehead atoms. The summed E-state index contributed by atoms with van der Waals surface area (Å²) in [5, 5.41) is 9.11. The Morgan fingerprint density at radius 1 is 1.12 bits per heavy atom. The molecule has 1 N–H and O–H groups in total. The summed E-state index contributed by atoms with van der Waals surface area (Å²) in [5.74, 6) is 1.41. The highest BCUT2D eigenvalue weighted by Crippen LogP contribution is 2.17. The van der Waals surface area contributed by atoms with E-state index in [0.717, 1.165) is 24.3 Å². The van der Waals surface area contributed by atoms with Crippen LogP contribution in [0.25, 0.3) is 0 Å². The Morgan fingerprint density at radius 3 is 2.59 bits per heavy atom. The van der Waals surface area contributed by atoms with Crippen LogP contribution in [-0.2, 0) is 11.3 Å². The van der Waals surface area contributed by atoms with Gasteiger partial charge in [-0.05, 0) is 18.4 Å². The fourth-order valence-corrected chi connectivity index (χ4v) is 1.41. The lowest BCUT2D eigenvalue weighted by Crippen LogP contribution is -2.09. The van der Waals surface area contributed by atoms with Crippen molar-refractivity contribution in [3.05, 3.63) is 29.8 Å². The highest BCUT2D eigenvalue weighted by Gasteiger charge is 2.01. The minimum atomic E-state index is 0.00435. The van der Waals surface area contributed by atoms with Gasteiger partial charge < -0.3 is 14.6 Å². The van der Waals surface area contributed by atoms with Crippen LogP contribution in [0.3, 0.4) is 0 Å². The van der Waals surface area contributed by atoms with Gasteiger partial charge in [0.05, 0.1) is 13.2 Å². The Kier molecular flexibility index (Phi) is 6.67. The number of rotatable bonds is 8. The van der Waals surface area contributed by atoms with Crippen molar-refractivity contribution >= 4 is 0 Å². The molecule has 17 heavy (non-hydrogen) atoms. The zero-order valence-corrected chi connectivity index (χ0v) is 10.7. The zero-order valence-electron chi connectivity index (χ0n) is 10.7. The molecule has 0 radical (unpaired) electrons. The van der Waals surface area contributed by atoms with Gasteiger partial charge in [0.2, 0.25) is 0 Å². The van der Waals surface area contributed by atoms with Crippen molar-refractivity contribution in [3.8, 4) is 5.75 Å². The molecule has 0 saturated carbocycles. The van der Waals surface area contributed by atoms with Crippen LogP contribution in [0.2, 0.25) is 0 Å². The van der Waals surface area contributed by atoms with Gasteiger partial charge in [0.25, 0.3) is 0 Å². The van der Waals surface area contributed by atoms with Crippen molar-refractivity contribution in [1.82, 2.24) is 0 Å². The third kappa shape index (κ3) is 5.71. The number of benzene rings is 1. The maximum atomic E-state index is 9.11. The second-order valence-electron chi connectivity index (χ2n) is 4.41. The zero-order chi connectivity index (χ0) is 12.5. The van der Waals surface area contributed by atoms with E-state index in [0.29, 0.717) is 19.1 Å². The van der Waals surface area contributed by atoms with Crippen LogP contribution in [0.4, 0.5) is 0 Å². The van der Waals surface area contributed by atoms with Crippen molar-refractivity contribution < 1.29 is 14.6 Å². The lowest BCUT2D eigenvalue weighted by Gasteiger charge is -2.10. The smallest absolute Gasteiger partial charge is 0.124 e. The molecule has 0 aliphatic carbocycles. The van der Waals surface area contributed by atoms with Crippen LogP contribution in [0.5, 0.6) is 5.75 Å². The quantitative estimate of drug-likeness (QED) is 0.708. The summed E-state index contributed by atoms with van der Waals surface area (Å²) in [5.41, 5.74) is 0.815. The number of aliphatic hydroxyl groups is 1. The Morgan fingerprint density at radius 2 is 1.88 bits per heavy atom. The Bertz CT molecular complexity index is 310. The van der Waals surface area contributed by atoms with Crippen molar-refractivity contribution in [2.75, 3.05) is 19.8 Å². The number of aliphatic hydroxyl groups excluding tert-OH is 1. The Hall–Kier alpha value is -1.06. The van der Waals surface area contributed by atoms with Crippen LogP contribution < -0.4 is 4.74 Å². The third-order valence-electron chi connectivity index (χ3n) is 2.47. The lowest BCUT2D eigenvalue weighted by atomic mass is 10.1. The van der Waals surface area contributed by atoms with Gasteiger partial charge in [-0.3, -0.25) is 0 Å². The van der Waals surface area contributed by atoms with E-state index in [9.17, 15) is 0 Å². The molecule has 0 heterocycles. The van der Waals surface area contributed by atoms with E-state index in [1.165, 1.54) is 0 Å². The SMILES string of the molecule is CC(C)CCOCCOc1ccccc1CO. The van der Waals surface area contributed by atoms with E-state index in [1.807, 2.05) is 24.3 Å². The second kappa shape index (κ2) is 8.09. The monoisotopic (exact) mass is 238 g/mol. The summed E-state index contributed by atoms with van der Waals surface area (Å²) >= 11 is 0. The van der Waals surface area contributed by atoms with Crippen LogP contribution in [0.15, 0.2) is 24.3 Å². The molecule has 0 aromatic heterocycles. The first kappa shape index (κ1) is 14.0. The second-order valence-corrected chi connectivity index (χ2v) is 4.41. The molecule has 0 unspecified atom stereocenters. The molecule has 0 atom stereocenters. The average Bonchev–Trinajstić information content (AvgIpc) is 2.33. The number of ether oxygens (including phenoxy) is 2. The van der Waals surface area contributed by atoms with Gasteiger partial charge in [-0.2, -0.15) is 0 Å². The van der Waals surface area contributed by atoms with E-state index < -0.39 is 0 Å². The van der Waals surface area contributed by atoms with Gasteiger partial charge in [-0.15, -0.1) is 0 Å². The highest BCUT2D eigenvalue weighted by atomic mass is 16.5. The average molecular weight is 238 g/mol. The summed E-state index contributed by atoms with van der Waals surface area (Å²) in [4.78, 5) is 0. The van der Waals surface area contributed by atoms with Crippen molar-refractivity contribution in [3.63, 3.8) is 0 Å². The standard InChI is InChI=1S/C14H22O3/c1-12(2)7-8-16-9-10-17-14-6-4-3-5-13(14)11-15/h3-6,12,15H,7-11H2,1-2H3. The van der Waals surface area contributed by atoms with Gasteiger partial charge in [0.15, 0.2) is 0 Å². The number of hydrogen-bond donors (Lipinski definition) is 1. The minimum absolute atomic E-state index is 0.00435. The summed E-state index contributed by atoms with van der Waals surface area (Å²) in [7, 11) is 0. The first-order valence-corrected chi connectivity index (χ1v) is 6.13. The maximum absolute atomic E-state index is 9.11. The molecule has 0 amide bonds. The molecular formula is C14H22O3. The van der Waals surface area contributed by atoms with Crippen molar-refractivity contribution in [2.24, 2.45) is 5.92 Å². The lowest BCUT2D eigenvalue weighted by molar-refractivity contribution is 0.0917. The predicted octanol–water partition coefficient (Wildman–Crippen LogP) is 2.62. The van der Waals surface area contributed by atoms with Gasteiger partial charge in [-0.1, -0.05) is 32.0 Å². The minimum Gasteiger partial charge on any atom is -0.491 e. The van der Waals surface area contributed by atoms with Crippen molar-refractivity contribution in [2.45, 2.75) is 26.9 Å². The van der Waals surface area contributed by atoms with E-state index in [4.69, 9.17) is 14.6 Å². The molecular weight excluding hydrogens is 216 g/mol. The maximum Gasteiger partial charge on any atom is 0.124 e. The molecule has 3 heteroatoms. The van der Waals surface area contributed by atoms with Crippen LogP contribution in [0, 0.1) is 5.92 Å². The third-order valence-corrected chi connectivity index (χ3v) is 2.47. The topological polar surface area (TPSA) is 38.7 Å². The first-order chi connectivity index (χ1) is 8.24. The highest BCUT2D eigenvalue weighted by molar-refractivity contribution is 5.32. The van der Waals surface area contributed by atoms with E-state index >= 15 is 0 Å². The summed E-state index contributed by atoms with van der Waals surface area (Å²) in [6.07, 6.45) is 1.08. The fourth-order valence-electron chi connectivity index (χ4n) is 1.41. The fraction of sp³-hybridized carbons (Fsp3) is 0.571. The summed E-state index contributed by atoms with van der Waals surface area (Å²) in [6.45, 7) is 6.25. The van der Waals surface area contributed by atoms with Crippen LogP contribution >= 0.6 is 0 Å². The van der Waals surface area contributed by atoms with Gasteiger partial charge in [0.1, 0.15) is 12.4 Å². The first-order valence-electron chi connectivity index (χ1n) is 6.13. The van der Waals surface area contributed by atoms with Gasteiger partial charge in [0, 0.05) is 12.2 Å². The largest absolute Gasteiger partial charge is 0.491 e. The van der Waals surface area contributed by atoms with Crippen LogP contribution in [0.1, 0.15) is 25.8 Å². The van der Waals surface area contributed by atoms with Crippen LogP contribution in [-0.4, -0.2) is 24.9 Å². The van der Waals surface area contributed by atoms with E-state index in [1.54, 1.807) is 0 Å². The Labute approximate surface area is 103 Å². The Balaban J connectivity index is 2.17. The van der Waals surface area contributed by atoms with E-state index in [2.05, 4.69) is 13.8 Å². The van der Waals surface area contributed by atoms with Gasteiger partial charge in [-0.25, -0.2) is 0 Å². The van der Waals surface area contributed by atoms with Gasteiger partial charge >= 0.3 is 0 Å². The molecule has 0 saturated heterocycles.